The molecule has 0 heterocycles. The van der Waals surface area contributed by atoms with Crippen molar-refractivity contribution in [1.29, 1.82) is 0 Å². The van der Waals surface area contributed by atoms with Gasteiger partial charge in [0.15, 0.2) is 0 Å². The molecule has 1 N–H and O–H groups in total. The number of hydrogen-bond acceptors (Lipinski definition) is 2. The van der Waals surface area contributed by atoms with Crippen LogP contribution >= 0.6 is 0 Å². The molecule has 1 aromatic rings. The highest BCUT2D eigenvalue weighted by Crippen LogP contribution is 2.20. The van der Waals surface area contributed by atoms with Crippen molar-refractivity contribution in [2.24, 2.45) is 0 Å². The van der Waals surface area contributed by atoms with E-state index in [1.165, 1.54) is 5.69 Å². The minimum absolute atomic E-state index is 0.324. The lowest BCUT2D eigenvalue weighted by molar-refractivity contribution is 0.173. The summed E-state index contributed by atoms with van der Waals surface area (Å²) in [6.45, 7) is 5.23. The number of nitrogens with zero attached hydrogens (tertiary/aromatic N) is 1. The zero-order valence-electron chi connectivity index (χ0n) is 9.90. The lowest BCUT2D eigenvalue weighted by atomic mass is 10.1. The van der Waals surface area contributed by atoms with Gasteiger partial charge in [-0.1, -0.05) is 26.0 Å². The van der Waals surface area contributed by atoms with Crippen LogP contribution in [0.4, 0.5) is 5.69 Å². The molecule has 0 spiro atoms. The molecule has 15 heavy (non-hydrogen) atoms. The second-order valence-corrected chi connectivity index (χ2v) is 3.94. The van der Waals surface area contributed by atoms with Crippen LogP contribution in [-0.4, -0.2) is 18.7 Å². The summed E-state index contributed by atoms with van der Waals surface area (Å²) in [6.07, 6.45) is 1.59. The first kappa shape index (κ1) is 12.1. The third kappa shape index (κ3) is 3.24. The van der Waals surface area contributed by atoms with Gasteiger partial charge in [0.1, 0.15) is 0 Å². The van der Waals surface area contributed by atoms with Gasteiger partial charge in [-0.2, -0.15) is 0 Å². The highest BCUT2D eigenvalue weighted by Gasteiger charge is 2.05. The Kier molecular flexibility index (Phi) is 4.63. The van der Waals surface area contributed by atoms with E-state index in [4.69, 9.17) is 0 Å². The van der Waals surface area contributed by atoms with Crippen molar-refractivity contribution in [3.05, 3.63) is 29.8 Å². The summed E-state index contributed by atoms with van der Waals surface area (Å²) in [7, 11) is 2.09. The maximum Gasteiger partial charge on any atom is 0.0787 e. The van der Waals surface area contributed by atoms with E-state index in [0.29, 0.717) is 0 Å². The highest BCUT2D eigenvalue weighted by molar-refractivity contribution is 5.47. The molecule has 1 rings (SSSR count). The topological polar surface area (TPSA) is 23.5 Å². The molecule has 0 aliphatic rings. The summed E-state index contributed by atoms with van der Waals surface area (Å²) in [5.74, 6) is 0. The Hall–Kier alpha value is -1.02. The molecule has 0 aliphatic heterocycles. The number of benzene rings is 1. The first-order chi connectivity index (χ1) is 7.19. The molecule has 0 aliphatic carbocycles. The first-order valence-corrected chi connectivity index (χ1v) is 5.68. The van der Waals surface area contributed by atoms with Crippen molar-refractivity contribution in [3.8, 4) is 0 Å². The summed E-state index contributed by atoms with van der Waals surface area (Å²) < 4.78 is 0. The molecule has 0 unspecified atom stereocenters. The van der Waals surface area contributed by atoms with E-state index in [9.17, 15) is 5.11 Å². The van der Waals surface area contributed by atoms with Gasteiger partial charge in [0.25, 0.3) is 0 Å². The summed E-state index contributed by atoms with van der Waals surface area (Å²) in [4.78, 5) is 2.22. The highest BCUT2D eigenvalue weighted by atomic mass is 16.3. The van der Waals surface area contributed by atoms with Gasteiger partial charge in [-0.05, 0) is 30.5 Å². The van der Waals surface area contributed by atoms with Gasteiger partial charge in [0, 0.05) is 19.3 Å². The van der Waals surface area contributed by atoms with Gasteiger partial charge >= 0.3 is 0 Å². The SMILES string of the molecule is CCCN(C)c1ccc([C@H](O)CC)cc1. The number of anilines is 1. The Morgan fingerprint density at radius 2 is 1.80 bits per heavy atom. The number of rotatable bonds is 5. The van der Waals surface area contributed by atoms with Crippen molar-refractivity contribution >= 4 is 5.69 Å². The Morgan fingerprint density at radius 1 is 1.20 bits per heavy atom. The monoisotopic (exact) mass is 207 g/mol. The average molecular weight is 207 g/mol. The van der Waals surface area contributed by atoms with Crippen molar-refractivity contribution in [1.82, 2.24) is 0 Å². The van der Waals surface area contributed by atoms with Crippen molar-refractivity contribution in [3.63, 3.8) is 0 Å². The van der Waals surface area contributed by atoms with Gasteiger partial charge in [-0.25, -0.2) is 0 Å². The van der Waals surface area contributed by atoms with E-state index in [1.807, 2.05) is 19.1 Å². The lowest BCUT2D eigenvalue weighted by Crippen LogP contribution is -2.17. The summed E-state index contributed by atoms with van der Waals surface area (Å²) in [5.41, 5.74) is 2.22. The van der Waals surface area contributed by atoms with Crippen LogP contribution in [0.1, 0.15) is 38.4 Å². The Balaban J connectivity index is 2.71. The standard InChI is InChI=1S/C13H21NO/c1-4-10-14(3)12-8-6-11(7-9-12)13(15)5-2/h6-9,13,15H,4-5,10H2,1-3H3/t13-/m1/s1. The van der Waals surface area contributed by atoms with E-state index >= 15 is 0 Å². The molecule has 2 nitrogen and oxygen atoms in total. The van der Waals surface area contributed by atoms with Crippen LogP contribution < -0.4 is 4.90 Å². The maximum absolute atomic E-state index is 9.65. The quantitative estimate of drug-likeness (QED) is 0.802. The molecule has 0 saturated heterocycles. The molecule has 1 atom stereocenters. The van der Waals surface area contributed by atoms with E-state index in [-0.39, 0.29) is 6.10 Å². The first-order valence-electron chi connectivity index (χ1n) is 5.68. The molecule has 0 amide bonds. The van der Waals surface area contributed by atoms with Crippen LogP contribution in [0.5, 0.6) is 0 Å². The van der Waals surface area contributed by atoms with Crippen molar-refractivity contribution in [2.45, 2.75) is 32.8 Å². The fourth-order valence-corrected chi connectivity index (χ4v) is 1.65. The molecular formula is C13H21NO. The summed E-state index contributed by atoms with van der Waals surface area (Å²) >= 11 is 0. The number of hydrogen-bond donors (Lipinski definition) is 1. The molecule has 2 heteroatoms. The smallest absolute Gasteiger partial charge is 0.0787 e. The van der Waals surface area contributed by atoms with Crippen LogP contribution in [0.15, 0.2) is 24.3 Å². The van der Waals surface area contributed by atoms with Gasteiger partial charge in [0.05, 0.1) is 6.10 Å². The van der Waals surface area contributed by atoms with E-state index < -0.39 is 0 Å². The minimum Gasteiger partial charge on any atom is -0.388 e. The third-order valence-electron chi connectivity index (χ3n) is 2.66. The zero-order chi connectivity index (χ0) is 11.3. The number of aliphatic hydroxyl groups is 1. The normalized spacial score (nSPS) is 12.5. The second-order valence-electron chi connectivity index (χ2n) is 3.94. The fraction of sp³-hybridized carbons (Fsp3) is 0.538. The summed E-state index contributed by atoms with van der Waals surface area (Å²) in [5, 5.41) is 9.65. The molecule has 1 aromatic carbocycles. The van der Waals surface area contributed by atoms with Gasteiger partial charge in [-0.3, -0.25) is 0 Å². The molecule has 0 aromatic heterocycles. The van der Waals surface area contributed by atoms with E-state index in [1.54, 1.807) is 0 Å². The minimum atomic E-state index is -0.324. The lowest BCUT2D eigenvalue weighted by Gasteiger charge is -2.19. The molecular weight excluding hydrogens is 186 g/mol. The number of aliphatic hydroxyl groups excluding tert-OH is 1. The van der Waals surface area contributed by atoms with Gasteiger partial charge in [0.2, 0.25) is 0 Å². The maximum atomic E-state index is 9.65. The van der Waals surface area contributed by atoms with Crippen LogP contribution in [0, 0.1) is 0 Å². The fourth-order valence-electron chi connectivity index (χ4n) is 1.65. The van der Waals surface area contributed by atoms with Gasteiger partial charge in [-0.15, -0.1) is 0 Å². The van der Waals surface area contributed by atoms with Crippen LogP contribution in [0.3, 0.4) is 0 Å². The second kappa shape index (κ2) is 5.76. The van der Waals surface area contributed by atoms with Crippen molar-refractivity contribution in [2.75, 3.05) is 18.5 Å². The van der Waals surface area contributed by atoms with E-state index in [2.05, 4.69) is 31.0 Å². The van der Waals surface area contributed by atoms with Crippen LogP contribution in [0.25, 0.3) is 0 Å². The van der Waals surface area contributed by atoms with E-state index in [0.717, 1.165) is 24.9 Å². The Labute approximate surface area is 92.5 Å². The third-order valence-corrected chi connectivity index (χ3v) is 2.66. The van der Waals surface area contributed by atoms with Crippen LogP contribution in [0.2, 0.25) is 0 Å². The van der Waals surface area contributed by atoms with Gasteiger partial charge < -0.3 is 10.0 Å². The molecule has 84 valence electrons. The Bertz CT molecular complexity index is 281. The molecule has 0 saturated carbocycles. The van der Waals surface area contributed by atoms with Crippen LogP contribution in [-0.2, 0) is 0 Å². The van der Waals surface area contributed by atoms with Crippen molar-refractivity contribution < 1.29 is 5.11 Å². The molecule has 0 radical (unpaired) electrons. The molecule has 0 fully saturated rings. The summed E-state index contributed by atoms with van der Waals surface area (Å²) in [6, 6.07) is 8.17. The average Bonchev–Trinajstić information content (AvgIpc) is 2.28. The largest absolute Gasteiger partial charge is 0.388 e. The zero-order valence-corrected chi connectivity index (χ0v) is 9.90. The predicted molar refractivity (Wildman–Crippen MR) is 65.3 cm³/mol. The Morgan fingerprint density at radius 3 is 2.27 bits per heavy atom. The predicted octanol–water partition coefficient (Wildman–Crippen LogP) is 2.98. The molecule has 0 bridgehead atoms.